The van der Waals surface area contributed by atoms with E-state index in [1.54, 1.807) is 31.3 Å². The van der Waals surface area contributed by atoms with E-state index in [4.69, 9.17) is 9.47 Å². The standard InChI is InChI=1S/C19H18BrNO3/c1-23-17-7-3-13(11-18(17)24-2)4-8-19(22)21-10-9-14-12-15(20)5-6-16(14)21/h3-8,11-12H,9-10H2,1-2H3/b8-4+. The third-order valence-corrected chi connectivity index (χ3v) is 4.52. The fraction of sp³-hybridized carbons (Fsp3) is 0.211. The number of methoxy groups -OCH3 is 2. The maximum atomic E-state index is 12.5. The summed E-state index contributed by atoms with van der Waals surface area (Å²) in [6.07, 6.45) is 4.27. The summed E-state index contributed by atoms with van der Waals surface area (Å²) in [5.74, 6) is 1.29. The molecule has 0 aliphatic carbocycles. The minimum atomic E-state index is -0.0224. The molecule has 3 rings (SSSR count). The molecule has 0 spiro atoms. The number of fused-ring (bicyclic) bond motifs is 1. The van der Waals surface area contributed by atoms with Crippen molar-refractivity contribution in [2.45, 2.75) is 6.42 Å². The Hall–Kier alpha value is -2.27. The van der Waals surface area contributed by atoms with E-state index in [0.717, 1.165) is 22.1 Å². The highest BCUT2D eigenvalue weighted by Crippen LogP contribution is 2.31. The highest BCUT2D eigenvalue weighted by molar-refractivity contribution is 9.10. The maximum absolute atomic E-state index is 12.5. The first kappa shape index (κ1) is 16.6. The Morgan fingerprint density at radius 1 is 1.12 bits per heavy atom. The minimum Gasteiger partial charge on any atom is -0.493 e. The van der Waals surface area contributed by atoms with Crippen LogP contribution >= 0.6 is 15.9 Å². The first-order chi connectivity index (χ1) is 11.6. The van der Waals surface area contributed by atoms with Crippen LogP contribution in [-0.4, -0.2) is 26.7 Å². The predicted molar refractivity (Wildman–Crippen MR) is 98.8 cm³/mol. The summed E-state index contributed by atoms with van der Waals surface area (Å²) < 4.78 is 11.5. The number of hydrogen-bond donors (Lipinski definition) is 0. The van der Waals surface area contributed by atoms with Crippen LogP contribution in [0.4, 0.5) is 5.69 Å². The predicted octanol–water partition coefficient (Wildman–Crippen LogP) is 4.07. The number of carbonyl (C=O) groups excluding carboxylic acids is 1. The molecule has 0 bridgehead atoms. The van der Waals surface area contributed by atoms with Gasteiger partial charge in [-0.1, -0.05) is 22.0 Å². The Labute approximate surface area is 149 Å². The van der Waals surface area contributed by atoms with E-state index in [0.29, 0.717) is 18.0 Å². The van der Waals surface area contributed by atoms with Crippen LogP contribution in [0.15, 0.2) is 46.9 Å². The van der Waals surface area contributed by atoms with Gasteiger partial charge in [-0.15, -0.1) is 0 Å². The molecule has 0 atom stereocenters. The smallest absolute Gasteiger partial charge is 0.251 e. The normalized spacial score (nSPS) is 13.2. The van der Waals surface area contributed by atoms with Gasteiger partial charge in [0.15, 0.2) is 11.5 Å². The first-order valence-corrected chi connectivity index (χ1v) is 8.41. The van der Waals surface area contributed by atoms with Crippen LogP contribution in [0.3, 0.4) is 0 Å². The maximum Gasteiger partial charge on any atom is 0.251 e. The number of rotatable bonds is 4. The number of amides is 1. The van der Waals surface area contributed by atoms with E-state index in [-0.39, 0.29) is 5.91 Å². The molecule has 0 saturated carbocycles. The van der Waals surface area contributed by atoms with Gasteiger partial charge in [-0.2, -0.15) is 0 Å². The number of hydrogen-bond acceptors (Lipinski definition) is 3. The lowest BCUT2D eigenvalue weighted by atomic mass is 10.1. The van der Waals surface area contributed by atoms with Gasteiger partial charge >= 0.3 is 0 Å². The Bertz CT molecular complexity index is 801. The molecule has 0 aromatic heterocycles. The van der Waals surface area contributed by atoms with Crippen LogP contribution in [-0.2, 0) is 11.2 Å². The van der Waals surface area contributed by atoms with Crippen molar-refractivity contribution >= 4 is 33.6 Å². The van der Waals surface area contributed by atoms with E-state index in [9.17, 15) is 4.79 Å². The molecule has 0 unspecified atom stereocenters. The second-order valence-corrected chi connectivity index (χ2v) is 6.38. The fourth-order valence-corrected chi connectivity index (χ4v) is 3.22. The van der Waals surface area contributed by atoms with Crippen molar-refractivity contribution in [3.63, 3.8) is 0 Å². The summed E-state index contributed by atoms with van der Waals surface area (Å²) in [5, 5.41) is 0. The molecule has 0 radical (unpaired) electrons. The molecule has 4 nitrogen and oxygen atoms in total. The van der Waals surface area contributed by atoms with E-state index < -0.39 is 0 Å². The quantitative estimate of drug-likeness (QED) is 0.742. The molecule has 1 amide bonds. The summed E-state index contributed by atoms with van der Waals surface area (Å²) in [6, 6.07) is 11.6. The first-order valence-electron chi connectivity index (χ1n) is 7.62. The van der Waals surface area contributed by atoms with Crippen LogP contribution < -0.4 is 14.4 Å². The average molecular weight is 388 g/mol. The molecule has 0 saturated heterocycles. The Morgan fingerprint density at radius 3 is 2.67 bits per heavy atom. The van der Waals surface area contributed by atoms with Crippen molar-refractivity contribution < 1.29 is 14.3 Å². The number of benzene rings is 2. The highest BCUT2D eigenvalue weighted by Gasteiger charge is 2.23. The SMILES string of the molecule is COc1ccc(/C=C/C(=O)N2CCc3cc(Br)ccc32)cc1OC. The summed E-state index contributed by atoms with van der Waals surface area (Å²) in [7, 11) is 3.19. The Balaban J connectivity index is 1.77. The molecule has 0 fully saturated rings. The van der Waals surface area contributed by atoms with Crippen LogP contribution in [0.2, 0.25) is 0 Å². The van der Waals surface area contributed by atoms with E-state index in [2.05, 4.69) is 22.0 Å². The molecule has 5 heteroatoms. The van der Waals surface area contributed by atoms with Gasteiger partial charge in [-0.3, -0.25) is 4.79 Å². The second kappa shape index (κ2) is 7.09. The molecular weight excluding hydrogens is 370 g/mol. The number of anilines is 1. The summed E-state index contributed by atoms with van der Waals surface area (Å²) in [6.45, 7) is 0.709. The fourth-order valence-electron chi connectivity index (χ4n) is 2.81. The van der Waals surface area contributed by atoms with Crippen LogP contribution in [0.5, 0.6) is 11.5 Å². The monoisotopic (exact) mass is 387 g/mol. The zero-order valence-corrected chi connectivity index (χ0v) is 15.2. The van der Waals surface area contributed by atoms with Crippen LogP contribution in [0.25, 0.3) is 6.08 Å². The van der Waals surface area contributed by atoms with Crippen molar-refractivity contribution in [2.24, 2.45) is 0 Å². The lowest BCUT2D eigenvalue weighted by Crippen LogP contribution is -2.26. The van der Waals surface area contributed by atoms with Crippen molar-refractivity contribution in [3.8, 4) is 11.5 Å². The van der Waals surface area contributed by atoms with Gasteiger partial charge < -0.3 is 14.4 Å². The molecule has 24 heavy (non-hydrogen) atoms. The minimum absolute atomic E-state index is 0.0224. The molecule has 124 valence electrons. The Kier molecular flexibility index (Phi) is 4.90. The Morgan fingerprint density at radius 2 is 1.92 bits per heavy atom. The van der Waals surface area contributed by atoms with Crippen molar-refractivity contribution in [1.82, 2.24) is 0 Å². The zero-order valence-electron chi connectivity index (χ0n) is 13.6. The largest absolute Gasteiger partial charge is 0.493 e. The lowest BCUT2D eigenvalue weighted by Gasteiger charge is -2.15. The van der Waals surface area contributed by atoms with E-state index in [1.165, 1.54) is 5.56 Å². The van der Waals surface area contributed by atoms with E-state index >= 15 is 0 Å². The summed E-state index contributed by atoms with van der Waals surface area (Å²) >= 11 is 3.47. The topological polar surface area (TPSA) is 38.8 Å². The van der Waals surface area contributed by atoms with Gasteiger partial charge in [-0.05, 0) is 54.0 Å². The summed E-state index contributed by atoms with van der Waals surface area (Å²) in [5.41, 5.74) is 3.06. The zero-order chi connectivity index (χ0) is 17.1. The van der Waals surface area contributed by atoms with Gasteiger partial charge in [0.2, 0.25) is 0 Å². The molecule has 0 N–H and O–H groups in total. The molecule has 1 heterocycles. The second-order valence-electron chi connectivity index (χ2n) is 5.46. The molecular formula is C19H18BrNO3. The molecule has 2 aromatic carbocycles. The van der Waals surface area contributed by atoms with Crippen LogP contribution in [0, 0.1) is 0 Å². The molecule has 2 aromatic rings. The van der Waals surface area contributed by atoms with Crippen molar-refractivity contribution in [2.75, 3.05) is 25.7 Å². The van der Waals surface area contributed by atoms with Crippen molar-refractivity contribution in [3.05, 3.63) is 58.1 Å². The van der Waals surface area contributed by atoms with E-state index in [1.807, 2.05) is 30.3 Å². The van der Waals surface area contributed by atoms with Crippen LogP contribution in [0.1, 0.15) is 11.1 Å². The van der Waals surface area contributed by atoms with Gasteiger partial charge in [0.05, 0.1) is 14.2 Å². The number of ether oxygens (including phenoxy) is 2. The number of carbonyl (C=O) groups is 1. The van der Waals surface area contributed by atoms with Gasteiger partial charge in [-0.25, -0.2) is 0 Å². The number of halogens is 1. The third-order valence-electron chi connectivity index (χ3n) is 4.03. The van der Waals surface area contributed by atoms with Gasteiger partial charge in [0.25, 0.3) is 5.91 Å². The van der Waals surface area contributed by atoms with Gasteiger partial charge in [0, 0.05) is 22.8 Å². The lowest BCUT2D eigenvalue weighted by molar-refractivity contribution is -0.114. The summed E-state index contributed by atoms with van der Waals surface area (Å²) in [4.78, 5) is 14.3. The molecule has 1 aliphatic heterocycles. The molecule has 1 aliphatic rings. The highest BCUT2D eigenvalue weighted by atomic mass is 79.9. The number of nitrogens with zero attached hydrogens (tertiary/aromatic N) is 1. The van der Waals surface area contributed by atoms with Crippen molar-refractivity contribution in [1.29, 1.82) is 0 Å². The van der Waals surface area contributed by atoms with Gasteiger partial charge in [0.1, 0.15) is 0 Å². The third kappa shape index (κ3) is 3.31. The average Bonchev–Trinajstić information content (AvgIpc) is 3.02.